The smallest absolute Gasteiger partial charge is 0.352 e. The van der Waals surface area contributed by atoms with E-state index >= 15 is 0 Å². The Labute approximate surface area is 268 Å². The van der Waals surface area contributed by atoms with E-state index in [-0.39, 0.29) is 46.9 Å². The summed E-state index contributed by atoms with van der Waals surface area (Å²) >= 11 is 0. The molecule has 2 aromatic rings. The van der Waals surface area contributed by atoms with Crippen molar-refractivity contribution in [3.05, 3.63) is 75.6 Å². The summed E-state index contributed by atoms with van der Waals surface area (Å²) in [4.78, 5) is 29.6. The van der Waals surface area contributed by atoms with Crippen LogP contribution in [0.1, 0.15) is 86.5 Å². The Morgan fingerprint density at radius 2 is 1.62 bits per heavy atom. The molecule has 1 aromatic heterocycles. The summed E-state index contributed by atoms with van der Waals surface area (Å²) in [6.07, 6.45) is 16.6. The van der Waals surface area contributed by atoms with Gasteiger partial charge < -0.3 is 9.47 Å². The first-order valence-corrected chi connectivity index (χ1v) is 17.5. The van der Waals surface area contributed by atoms with Gasteiger partial charge in [-0.3, -0.25) is 0 Å². The van der Waals surface area contributed by atoms with Crippen molar-refractivity contribution in [2.75, 3.05) is 13.9 Å². The van der Waals surface area contributed by atoms with Crippen molar-refractivity contribution in [1.29, 1.82) is 0 Å². The molecule has 0 N–H and O–H groups in total. The zero-order valence-electron chi connectivity index (χ0n) is 28.4. The monoisotopic (exact) mass is 615 g/mol. The molecule has 0 unspecified atom stereocenters. The number of allylic oxidation sites excluding steroid dienone is 4. The van der Waals surface area contributed by atoms with Crippen LogP contribution in [0.25, 0.3) is 5.69 Å². The first-order chi connectivity index (χ1) is 21.5. The highest BCUT2D eigenvalue weighted by atomic mass is 16.7. The van der Waals surface area contributed by atoms with E-state index in [0.29, 0.717) is 35.8 Å². The summed E-state index contributed by atoms with van der Waals surface area (Å²) in [7, 11) is 1.65. The molecule has 0 saturated heterocycles. The van der Waals surface area contributed by atoms with Crippen molar-refractivity contribution >= 4 is 0 Å². The maximum Gasteiger partial charge on any atom is 0.352 e. The average molecular weight is 616 g/mol. The first kappa shape index (κ1) is 31.0. The second-order valence-corrected chi connectivity index (χ2v) is 16.0. The Morgan fingerprint density at radius 1 is 0.889 bits per heavy atom. The summed E-state index contributed by atoms with van der Waals surface area (Å²) in [5.74, 6) is 2.71. The maximum atomic E-state index is 14.9. The molecule has 3 fully saturated rings. The second-order valence-electron chi connectivity index (χ2n) is 16.0. The van der Waals surface area contributed by atoms with Crippen molar-refractivity contribution in [3.8, 4) is 5.69 Å². The highest BCUT2D eigenvalue weighted by molar-refractivity contribution is 5.38. The number of ether oxygens (including phenoxy) is 2. The lowest BCUT2D eigenvalue weighted by Gasteiger charge is -2.71. The van der Waals surface area contributed by atoms with Crippen molar-refractivity contribution in [2.24, 2.45) is 46.3 Å². The summed E-state index contributed by atoms with van der Waals surface area (Å²) in [6.45, 7) is 14.5. The predicted molar refractivity (Wildman–Crippen MR) is 177 cm³/mol. The summed E-state index contributed by atoms with van der Waals surface area (Å²) in [6, 6.07) is 9.50. The van der Waals surface area contributed by atoms with Gasteiger partial charge in [-0.15, -0.1) is 0 Å². The molecule has 10 atom stereocenters. The molecular weight excluding hydrogens is 562 g/mol. The summed E-state index contributed by atoms with van der Waals surface area (Å²) in [5, 5.41) is 0. The lowest BCUT2D eigenvalue weighted by molar-refractivity contribution is -0.210. The van der Waals surface area contributed by atoms with Crippen LogP contribution in [0.4, 0.5) is 0 Å². The Bertz CT molecular complexity index is 1620. The highest BCUT2D eigenvalue weighted by Gasteiger charge is 2.75. The zero-order chi connectivity index (χ0) is 31.9. The van der Waals surface area contributed by atoms with Gasteiger partial charge in [-0.2, -0.15) is 0 Å². The largest absolute Gasteiger partial charge is 0.359 e. The highest BCUT2D eigenvalue weighted by Crippen LogP contribution is 2.74. The number of methoxy groups -OCH3 is 1. The quantitative estimate of drug-likeness (QED) is 0.240. The Hall–Kier alpha value is -2.64. The van der Waals surface area contributed by atoms with Gasteiger partial charge in [0.2, 0.25) is 0 Å². The Balaban J connectivity index is 1.41. The number of fused-ring (bicyclic) bond motifs is 1. The van der Waals surface area contributed by atoms with Crippen LogP contribution in [-0.2, 0) is 20.6 Å². The predicted octanol–water partition coefficient (Wildman–Crippen LogP) is 6.88. The molecule has 3 heterocycles. The second kappa shape index (κ2) is 10.7. The molecule has 7 heteroatoms. The normalized spacial score (nSPS) is 39.5. The standard InChI is InChI=1S/C38H53N3O4/c1-25(2)26(3)13-14-27(4)30-15-16-31-35(30,5)19-18-32-36(6)20-17-29(45-24-44-7)23-37(36)21-22-38(31,32)41-34(43)39(33(42)40(37)41)28-11-9-8-10-12-28/h8-14,21-22,25-27,29-32H,15-20,23-24H2,1-7H3/t26-,27+,29-,30+,31+,32+,35+,36+,37+,38-/m0/s1. The number of hydrogen-bond donors (Lipinski definition) is 0. The van der Waals surface area contributed by atoms with Crippen molar-refractivity contribution in [1.82, 2.24) is 13.9 Å². The van der Waals surface area contributed by atoms with Crippen LogP contribution in [0.15, 0.2) is 64.2 Å². The lowest BCUT2D eigenvalue weighted by Crippen LogP contribution is -2.76. The van der Waals surface area contributed by atoms with Crippen LogP contribution in [0.3, 0.4) is 0 Å². The van der Waals surface area contributed by atoms with E-state index in [1.807, 2.05) is 39.7 Å². The third-order valence-corrected chi connectivity index (χ3v) is 13.9. The molecule has 0 amide bonds. The minimum absolute atomic E-state index is 0.0469. The van der Waals surface area contributed by atoms with Crippen LogP contribution >= 0.6 is 0 Å². The molecule has 2 aliphatic heterocycles. The third-order valence-electron chi connectivity index (χ3n) is 13.9. The van der Waals surface area contributed by atoms with Gasteiger partial charge in [0.1, 0.15) is 6.79 Å². The number of aromatic nitrogens is 3. The SMILES string of the molecule is COCO[C@H]1CC[C@]2(C)[C@H]3CC[C@]4(C)[C@@H]([C@H](C)C=C[C@H](C)C(C)C)CC[C@H]4[C@@]34C=C[C@]2(C1)n1c(=O)n(-c2ccccc2)c(=O)n14. The molecule has 244 valence electrons. The van der Waals surface area contributed by atoms with E-state index in [2.05, 4.69) is 65.8 Å². The van der Waals surface area contributed by atoms with Gasteiger partial charge in [0.15, 0.2) is 0 Å². The molecule has 3 saturated carbocycles. The van der Waals surface area contributed by atoms with E-state index in [4.69, 9.17) is 9.47 Å². The third kappa shape index (κ3) is 4.01. The van der Waals surface area contributed by atoms with Crippen LogP contribution in [0.2, 0.25) is 0 Å². The molecule has 2 bridgehead atoms. The number of nitrogens with zero attached hydrogens (tertiary/aromatic N) is 3. The minimum atomic E-state index is -0.638. The van der Waals surface area contributed by atoms with Crippen LogP contribution in [0, 0.1) is 46.3 Å². The molecule has 8 rings (SSSR count). The molecule has 45 heavy (non-hydrogen) atoms. The van der Waals surface area contributed by atoms with Gasteiger partial charge in [-0.05, 0) is 91.6 Å². The lowest BCUT2D eigenvalue weighted by atomic mass is 9.40. The molecular formula is C38H53N3O4. The Kier molecular flexibility index (Phi) is 7.37. The average Bonchev–Trinajstić information content (AvgIpc) is 3.53. The van der Waals surface area contributed by atoms with Crippen molar-refractivity contribution in [2.45, 2.75) is 104 Å². The molecule has 6 aliphatic rings. The summed E-state index contributed by atoms with van der Waals surface area (Å²) in [5.41, 5.74) is -1.08. The zero-order valence-corrected chi connectivity index (χ0v) is 28.4. The topological polar surface area (TPSA) is 67.4 Å². The number of rotatable bonds is 8. The van der Waals surface area contributed by atoms with E-state index in [1.54, 1.807) is 7.11 Å². The van der Waals surface area contributed by atoms with E-state index < -0.39 is 11.1 Å². The first-order valence-electron chi connectivity index (χ1n) is 17.5. The van der Waals surface area contributed by atoms with Crippen LogP contribution < -0.4 is 11.4 Å². The van der Waals surface area contributed by atoms with Gasteiger partial charge in [-0.25, -0.2) is 23.5 Å². The fourth-order valence-corrected chi connectivity index (χ4v) is 11.3. The Morgan fingerprint density at radius 3 is 2.33 bits per heavy atom. The van der Waals surface area contributed by atoms with E-state index in [9.17, 15) is 9.59 Å². The molecule has 2 spiro atoms. The van der Waals surface area contributed by atoms with Gasteiger partial charge in [-0.1, -0.05) is 84.0 Å². The fourth-order valence-electron chi connectivity index (χ4n) is 11.3. The van der Waals surface area contributed by atoms with Crippen LogP contribution in [0.5, 0.6) is 0 Å². The van der Waals surface area contributed by atoms with E-state index in [1.165, 1.54) is 4.57 Å². The number of hydrogen-bond acceptors (Lipinski definition) is 4. The number of benzene rings is 1. The van der Waals surface area contributed by atoms with Gasteiger partial charge in [0.05, 0.1) is 22.9 Å². The number of para-hydroxylation sites is 1. The summed E-state index contributed by atoms with van der Waals surface area (Å²) < 4.78 is 16.8. The molecule has 4 aliphatic carbocycles. The van der Waals surface area contributed by atoms with Crippen molar-refractivity contribution in [3.63, 3.8) is 0 Å². The van der Waals surface area contributed by atoms with Gasteiger partial charge in [0, 0.05) is 18.9 Å². The van der Waals surface area contributed by atoms with Crippen molar-refractivity contribution < 1.29 is 9.47 Å². The van der Waals surface area contributed by atoms with Gasteiger partial charge in [0.25, 0.3) is 0 Å². The minimum Gasteiger partial charge on any atom is -0.359 e. The molecule has 1 aromatic carbocycles. The molecule has 7 nitrogen and oxygen atoms in total. The molecule has 0 radical (unpaired) electrons. The maximum absolute atomic E-state index is 14.9. The van der Waals surface area contributed by atoms with E-state index in [0.717, 1.165) is 38.5 Å². The fraction of sp³-hybridized carbons (Fsp3) is 0.684. The van der Waals surface area contributed by atoms with Crippen LogP contribution in [-0.4, -0.2) is 33.9 Å². The van der Waals surface area contributed by atoms with Gasteiger partial charge >= 0.3 is 11.4 Å².